The summed E-state index contributed by atoms with van der Waals surface area (Å²) in [6.45, 7) is 0. The molecule has 1 aliphatic rings. The van der Waals surface area contributed by atoms with Gasteiger partial charge in [-0.25, -0.2) is 9.97 Å². The first-order valence-electron chi connectivity index (χ1n) is 5.88. The van der Waals surface area contributed by atoms with Gasteiger partial charge in [-0.05, 0) is 25.0 Å². The van der Waals surface area contributed by atoms with Gasteiger partial charge >= 0.3 is 0 Å². The quantitative estimate of drug-likeness (QED) is 0.670. The second-order valence-corrected chi connectivity index (χ2v) is 4.55. The molecule has 3 heterocycles. The smallest absolute Gasteiger partial charge is 0.157 e. The predicted molar refractivity (Wildman–Crippen MR) is 64.3 cm³/mol. The van der Waals surface area contributed by atoms with Crippen molar-refractivity contribution in [2.45, 2.75) is 18.8 Å². The maximum Gasteiger partial charge on any atom is 0.157 e. The molecule has 0 aromatic carbocycles. The number of nitrogens with zero attached hydrogens (tertiary/aromatic N) is 4. The van der Waals surface area contributed by atoms with Crippen LogP contribution in [0.4, 0.5) is 0 Å². The van der Waals surface area contributed by atoms with Gasteiger partial charge in [-0.3, -0.25) is 4.57 Å². The summed E-state index contributed by atoms with van der Waals surface area (Å²) >= 11 is 0. The van der Waals surface area contributed by atoms with Gasteiger partial charge in [0.2, 0.25) is 0 Å². The topological polar surface area (TPSA) is 35.1 Å². The Balaban J connectivity index is 1.80. The molecule has 0 spiro atoms. The number of rotatable bonds is 2. The van der Waals surface area contributed by atoms with E-state index >= 15 is 0 Å². The molecule has 0 bridgehead atoms. The number of fused-ring (bicyclic) bond motifs is 1. The average Bonchev–Trinajstić information content (AvgIpc) is 2.94. The molecule has 0 saturated heterocycles. The Morgan fingerprint density at radius 3 is 2.94 bits per heavy atom. The van der Waals surface area contributed by atoms with E-state index in [-0.39, 0.29) is 0 Å². The summed E-state index contributed by atoms with van der Waals surface area (Å²) in [5.41, 5.74) is 2.16. The maximum atomic E-state index is 4.56. The molecular weight excluding hydrogens is 212 g/mol. The fourth-order valence-corrected chi connectivity index (χ4v) is 2.10. The maximum absolute atomic E-state index is 4.56. The lowest BCUT2D eigenvalue weighted by Gasteiger charge is -1.92. The lowest BCUT2D eigenvalue weighted by atomic mass is 10.3. The van der Waals surface area contributed by atoms with E-state index in [1.54, 1.807) is 0 Å². The van der Waals surface area contributed by atoms with Crippen molar-refractivity contribution in [3.05, 3.63) is 48.8 Å². The first kappa shape index (κ1) is 8.98. The van der Waals surface area contributed by atoms with Crippen molar-refractivity contribution in [3.63, 3.8) is 0 Å². The number of hydrogen-bond donors (Lipinski definition) is 0. The molecule has 1 saturated carbocycles. The van der Waals surface area contributed by atoms with E-state index in [0.717, 1.165) is 11.5 Å². The molecule has 84 valence electrons. The molecule has 0 unspecified atom stereocenters. The van der Waals surface area contributed by atoms with Gasteiger partial charge in [0.25, 0.3) is 0 Å². The summed E-state index contributed by atoms with van der Waals surface area (Å²) in [6.07, 6.45) is 10.5. The average molecular weight is 224 g/mol. The highest BCUT2D eigenvalue weighted by Gasteiger charge is 2.25. The van der Waals surface area contributed by atoms with Crippen LogP contribution in [0.2, 0.25) is 0 Å². The Morgan fingerprint density at radius 2 is 2.12 bits per heavy atom. The summed E-state index contributed by atoms with van der Waals surface area (Å²) in [4.78, 5) is 9.00. The van der Waals surface area contributed by atoms with Crippen LogP contribution in [-0.4, -0.2) is 18.9 Å². The second kappa shape index (κ2) is 3.20. The molecule has 0 atom stereocenters. The lowest BCUT2D eigenvalue weighted by Crippen LogP contribution is -1.89. The summed E-state index contributed by atoms with van der Waals surface area (Å²) in [7, 11) is 0. The summed E-state index contributed by atoms with van der Waals surface area (Å²) < 4.78 is 4.02. The van der Waals surface area contributed by atoms with Crippen LogP contribution in [0.25, 0.3) is 11.5 Å². The van der Waals surface area contributed by atoms with Crippen LogP contribution in [-0.2, 0) is 0 Å². The van der Waals surface area contributed by atoms with Gasteiger partial charge in [-0.2, -0.15) is 0 Å². The van der Waals surface area contributed by atoms with E-state index < -0.39 is 0 Å². The van der Waals surface area contributed by atoms with E-state index in [0.29, 0.717) is 5.92 Å². The van der Waals surface area contributed by atoms with Crippen LogP contribution in [0.5, 0.6) is 0 Å². The predicted octanol–water partition coefficient (Wildman–Crippen LogP) is 2.40. The highest BCUT2D eigenvalue weighted by molar-refractivity contribution is 5.43. The molecule has 0 aliphatic heterocycles. The third-order valence-corrected chi connectivity index (χ3v) is 3.21. The molecule has 0 N–H and O–H groups in total. The van der Waals surface area contributed by atoms with Crippen molar-refractivity contribution in [1.29, 1.82) is 0 Å². The van der Waals surface area contributed by atoms with Gasteiger partial charge in [0, 0.05) is 18.3 Å². The minimum absolute atomic E-state index is 0.688. The zero-order chi connectivity index (χ0) is 11.2. The third-order valence-electron chi connectivity index (χ3n) is 3.21. The lowest BCUT2D eigenvalue weighted by molar-refractivity contribution is 1.01. The second-order valence-electron chi connectivity index (χ2n) is 4.55. The Morgan fingerprint density at radius 1 is 1.18 bits per heavy atom. The molecule has 3 aromatic rings. The number of pyridine rings is 1. The molecule has 4 nitrogen and oxygen atoms in total. The highest BCUT2D eigenvalue weighted by Crippen LogP contribution is 2.39. The van der Waals surface area contributed by atoms with E-state index in [1.165, 1.54) is 18.5 Å². The zero-order valence-electron chi connectivity index (χ0n) is 9.32. The van der Waals surface area contributed by atoms with Gasteiger partial charge in [0.1, 0.15) is 12.0 Å². The van der Waals surface area contributed by atoms with Crippen LogP contribution in [0.1, 0.15) is 24.5 Å². The van der Waals surface area contributed by atoms with Gasteiger partial charge in [0.05, 0.1) is 11.9 Å². The van der Waals surface area contributed by atoms with Crippen molar-refractivity contribution >= 4 is 5.65 Å². The summed E-state index contributed by atoms with van der Waals surface area (Å²) in [6, 6.07) is 6.00. The van der Waals surface area contributed by atoms with E-state index in [4.69, 9.17) is 0 Å². The minimum atomic E-state index is 0.688. The molecule has 1 aliphatic carbocycles. The molecule has 3 aromatic heterocycles. The molecule has 0 amide bonds. The van der Waals surface area contributed by atoms with Gasteiger partial charge < -0.3 is 4.40 Å². The first-order valence-corrected chi connectivity index (χ1v) is 5.88. The first-order chi connectivity index (χ1) is 8.40. The van der Waals surface area contributed by atoms with Crippen LogP contribution < -0.4 is 0 Å². The van der Waals surface area contributed by atoms with Gasteiger partial charge in [-0.1, -0.05) is 6.07 Å². The Hall–Kier alpha value is -2.10. The Labute approximate surface area is 98.6 Å². The van der Waals surface area contributed by atoms with E-state index in [2.05, 4.69) is 16.2 Å². The van der Waals surface area contributed by atoms with Crippen LogP contribution in [0.15, 0.2) is 43.1 Å². The number of imidazole rings is 2. The number of aromatic nitrogens is 4. The van der Waals surface area contributed by atoms with E-state index in [1.807, 2.05) is 45.9 Å². The van der Waals surface area contributed by atoms with Crippen LogP contribution >= 0.6 is 0 Å². The fraction of sp³-hybridized carbons (Fsp3) is 0.231. The van der Waals surface area contributed by atoms with E-state index in [9.17, 15) is 0 Å². The standard InChI is InChI=1S/C13H12N4/c1-2-6-16-8-13(15-12(16)3-1)17-7-11(14-9-17)10-4-5-10/h1-3,6-10H,4-5H2. The number of hydrogen-bond acceptors (Lipinski definition) is 2. The molecular formula is C13H12N4. The van der Waals surface area contributed by atoms with Crippen molar-refractivity contribution < 1.29 is 0 Å². The summed E-state index contributed by atoms with van der Waals surface area (Å²) in [5.74, 6) is 1.61. The van der Waals surface area contributed by atoms with Crippen LogP contribution in [0, 0.1) is 0 Å². The third kappa shape index (κ3) is 1.45. The van der Waals surface area contributed by atoms with Gasteiger partial charge in [-0.15, -0.1) is 0 Å². The van der Waals surface area contributed by atoms with Crippen molar-refractivity contribution in [1.82, 2.24) is 18.9 Å². The largest absolute Gasteiger partial charge is 0.305 e. The molecule has 17 heavy (non-hydrogen) atoms. The van der Waals surface area contributed by atoms with Crippen molar-refractivity contribution in [2.24, 2.45) is 0 Å². The van der Waals surface area contributed by atoms with Crippen LogP contribution in [0.3, 0.4) is 0 Å². The van der Waals surface area contributed by atoms with Gasteiger partial charge in [0.15, 0.2) is 5.82 Å². The minimum Gasteiger partial charge on any atom is -0.305 e. The monoisotopic (exact) mass is 224 g/mol. The SMILES string of the molecule is c1ccn2cc(-n3cnc(C4CC4)c3)nc2c1. The Bertz CT molecular complexity index is 642. The molecule has 0 radical (unpaired) electrons. The van der Waals surface area contributed by atoms with Crippen molar-refractivity contribution in [3.8, 4) is 5.82 Å². The Kier molecular flexibility index (Phi) is 1.69. The fourth-order valence-electron chi connectivity index (χ4n) is 2.10. The normalized spacial score (nSPS) is 15.5. The zero-order valence-corrected chi connectivity index (χ0v) is 9.32. The highest BCUT2D eigenvalue weighted by atomic mass is 15.2. The molecule has 4 heteroatoms. The molecule has 4 rings (SSSR count). The van der Waals surface area contributed by atoms with Crippen molar-refractivity contribution in [2.75, 3.05) is 0 Å². The molecule has 1 fully saturated rings. The summed E-state index contributed by atoms with van der Waals surface area (Å²) in [5, 5.41) is 0.